The Labute approximate surface area is 137 Å². The van der Waals surface area contributed by atoms with Gasteiger partial charge in [0.05, 0.1) is 22.7 Å². The number of carbonyl (C=O) groups excluding carboxylic acids is 1. The number of nitrogens with two attached hydrogens (primary N) is 1. The second-order valence-corrected chi connectivity index (χ2v) is 5.20. The van der Waals surface area contributed by atoms with Crippen LogP contribution in [-0.4, -0.2) is 28.6 Å². The number of rotatable bonds is 6. The van der Waals surface area contributed by atoms with Gasteiger partial charge in [0.1, 0.15) is 11.5 Å². The zero-order valence-corrected chi connectivity index (χ0v) is 12.6. The van der Waals surface area contributed by atoms with E-state index in [2.05, 4.69) is 5.32 Å². The molecule has 0 saturated heterocycles. The highest BCUT2D eigenvalue weighted by Crippen LogP contribution is 2.26. The monoisotopic (exact) mass is 333 g/mol. The number of benzene rings is 2. The molecule has 0 bridgehead atoms. The lowest BCUT2D eigenvalue weighted by Gasteiger charge is -2.13. The maximum atomic E-state index is 13.4. The second-order valence-electron chi connectivity index (χ2n) is 5.20. The van der Waals surface area contributed by atoms with Gasteiger partial charge in [-0.15, -0.1) is 0 Å². The summed E-state index contributed by atoms with van der Waals surface area (Å²) in [6, 6.07) is 10.6. The van der Waals surface area contributed by atoms with Gasteiger partial charge in [0.15, 0.2) is 0 Å². The molecule has 0 aliphatic carbocycles. The van der Waals surface area contributed by atoms with E-state index in [0.717, 1.165) is 11.6 Å². The van der Waals surface area contributed by atoms with Crippen LogP contribution in [0.15, 0.2) is 42.5 Å². The normalized spacial score (nSPS) is 11.8. The minimum Gasteiger partial charge on any atom is -0.393 e. The van der Waals surface area contributed by atoms with E-state index in [1.165, 1.54) is 0 Å². The van der Waals surface area contributed by atoms with Crippen LogP contribution in [0.4, 0.5) is 15.8 Å². The van der Waals surface area contributed by atoms with Gasteiger partial charge in [0, 0.05) is 13.0 Å². The number of anilines is 1. The summed E-state index contributed by atoms with van der Waals surface area (Å²) in [6.45, 7) is -0.0997. The van der Waals surface area contributed by atoms with Crippen molar-refractivity contribution in [3.63, 3.8) is 0 Å². The van der Waals surface area contributed by atoms with Crippen molar-refractivity contribution in [2.75, 3.05) is 12.3 Å². The van der Waals surface area contributed by atoms with Crippen molar-refractivity contribution < 1.29 is 19.2 Å². The Kier molecular flexibility index (Phi) is 5.43. The zero-order chi connectivity index (χ0) is 17.7. The number of hydrogen-bond acceptors (Lipinski definition) is 5. The van der Waals surface area contributed by atoms with Gasteiger partial charge in [-0.05, 0) is 11.6 Å². The smallest absolute Gasteiger partial charge is 0.295 e. The van der Waals surface area contributed by atoms with Gasteiger partial charge in [-0.2, -0.15) is 0 Å². The van der Waals surface area contributed by atoms with Crippen molar-refractivity contribution in [3.05, 3.63) is 69.5 Å². The van der Waals surface area contributed by atoms with Gasteiger partial charge in [-0.3, -0.25) is 14.9 Å². The lowest BCUT2D eigenvalue weighted by Crippen LogP contribution is -2.33. The minimum absolute atomic E-state index is 0.0997. The van der Waals surface area contributed by atoms with Crippen molar-refractivity contribution in [1.82, 2.24) is 5.32 Å². The standard InChI is InChI=1S/C16H16FN3O4/c17-11-7-13(15(18)14(8-11)20(23)24)16(22)19-9-12(21)6-10-4-2-1-3-5-10/h1-5,7-8,12,21H,6,9,18H2,(H,19,22). The van der Waals surface area contributed by atoms with Crippen LogP contribution >= 0.6 is 0 Å². The van der Waals surface area contributed by atoms with Crippen LogP contribution in [0.3, 0.4) is 0 Å². The fraction of sp³-hybridized carbons (Fsp3) is 0.188. The molecule has 4 N–H and O–H groups in total. The summed E-state index contributed by atoms with van der Waals surface area (Å²) in [4.78, 5) is 22.0. The summed E-state index contributed by atoms with van der Waals surface area (Å²) in [5, 5.41) is 23.1. The zero-order valence-electron chi connectivity index (χ0n) is 12.6. The Balaban J connectivity index is 2.03. The molecule has 0 aliphatic heterocycles. The molecule has 1 atom stereocenters. The third-order valence-electron chi connectivity index (χ3n) is 3.38. The molecule has 2 rings (SSSR count). The lowest BCUT2D eigenvalue weighted by molar-refractivity contribution is -0.384. The third-order valence-corrected chi connectivity index (χ3v) is 3.38. The quantitative estimate of drug-likeness (QED) is 0.422. The highest BCUT2D eigenvalue weighted by molar-refractivity contribution is 6.01. The Morgan fingerprint density at radius 2 is 2.00 bits per heavy atom. The molecule has 1 amide bonds. The van der Waals surface area contributed by atoms with Crippen molar-refractivity contribution in [3.8, 4) is 0 Å². The van der Waals surface area contributed by atoms with Crippen molar-refractivity contribution in [1.29, 1.82) is 0 Å². The number of nitrogens with one attached hydrogen (secondary N) is 1. The summed E-state index contributed by atoms with van der Waals surface area (Å²) in [5.74, 6) is -1.73. The average Bonchev–Trinajstić information content (AvgIpc) is 2.55. The second kappa shape index (κ2) is 7.51. The third kappa shape index (κ3) is 4.26. The van der Waals surface area contributed by atoms with Gasteiger partial charge in [0.25, 0.3) is 11.6 Å². The number of nitrogens with zero attached hydrogens (tertiary/aromatic N) is 1. The molecular formula is C16H16FN3O4. The first-order chi connectivity index (χ1) is 11.4. The predicted molar refractivity (Wildman–Crippen MR) is 86.0 cm³/mol. The van der Waals surface area contributed by atoms with E-state index in [1.54, 1.807) is 0 Å². The largest absolute Gasteiger partial charge is 0.393 e. The van der Waals surface area contributed by atoms with Crippen molar-refractivity contribution in [2.45, 2.75) is 12.5 Å². The molecule has 0 aliphatic rings. The van der Waals surface area contributed by atoms with Gasteiger partial charge < -0.3 is 16.2 Å². The van der Waals surface area contributed by atoms with Gasteiger partial charge >= 0.3 is 0 Å². The first-order valence-electron chi connectivity index (χ1n) is 7.12. The number of nitrogen functional groups attached to an aromatic ring is 1. The van der Waals surface area contributed by atoms with Gasteiger partial charge in [-0.1, -0.05) is 30.3 Å². The first-order valence-corrected chi connectivity index (χ1v) is 7.12. The number of carbonyl (C=O) groups is 1. The Bertz CT molecular complexity index is 752. The van der Waals surface area contributed by atoms with E-state index in [1.807, 2.05) is 30.3 Å². The summed E-state index contributed by atoms with van der Waals surface area (Å²) >= 11 is 0. The molecule has 7 nitrogen and oxygen atoms in total. The Morgan fingerprint density at radius 1 is 1.33 bits per heavy atom. The molecule has 24 heavy (non-hydrogen) atoms. The van der Waals surface area contributed by atoms with Crippen LogP contribution in [0.1, 0.15) is 15.9 Å². The van der Waals surface area contributed by atoms with Crippen molar-refractivity contribution >= 4 is 17.3 Å². The number of aliphatic hydroxyl groups excluding tert-OH is 1. The fourth-order valence-electron chi connectivity index (χ4n) is 2.21. The molecule has 8 heteroatoms. The number of nitro groups is 1. The summed E-state index contributed by atoms with van der Waals surface area (Å²) in [7, 11) is 0. The van der Waals surface area contributed by atoms with E-state index in [9.17, 15) is 24.4 Å². The van der Waals surface area contributed by atoms with Crippen LogP contribution in [0, 0.1) is 15.9 Å². The summed E-state index contributed by atoms with van der Waals surface area (Å²) in [5.41, 5.74) is 5.01. The maximum absolute atomic E-state index is 13.4. The highest BCUT2D eigenvalue weighted by Gasteiger charge is 2.22. The van der Waals surface area contributed by atoms with E-state index in [-0.39, 0.29) is 12.1 Å². The number of hydrogen-bond donors (Lipinski definition) is 3. The number of aliphatic hydroxyl groups is 1. The molecule has 126 valence electrons. The molecule has 0 spiro atoms. The Morgan fingerprint density at radius 3 is 2.62 bits per heavy atom. The van der Waals surface area contributed by atoms with Gasteiger partial charge in [0.2, 0.25) is 0 Å². The SMILES string of the molecule is Nc1c(C(=O)NCC(O)Cc2ccccc2)cc(F)cc1[N+](=O)[O-]. The van der Waals surface area contributed by atoms with Crippen LogP contribution in [0.5, 0.6) is 0 Å². The van der Waals surface area contributed by atoms with E-state index in [0.29, 0.717) is 12.5 Å². The van der Waals surface area contributed by atoms with Crippen LogP contribution in [0.2, 0.25) is 0 Å². The minimum atomic E-state index is -0.939. The van der Waals surface area contributed by atoms with E-state index in [4.69, 9.17) is 5.73 Å². The van der Waals surface area contributed by atoms with Crippen LogP contribution in [0.25, 0.3) is 0 Å². The Hall–Kier alpha value is -3.00. The molecular weight excluding hydrogens is 317 g/mol. The first kappa shape index (κ1) is 17.4. The molecule has 0 fully saturated rings. The molecule has 0 heterocycles. The van der Waals surface area contributed by atoms with Crippen LogP contribution in [-0.2, 0) is 6.42 Å². The topological polar surface area (TPSA) is 118 Å². The average molecular weight is 333 g/mol. The lowest BCUT2D eigenvalue weighted by atomic mass is 10.1. The fourth-order valence-corrected chi connectivity index (χ4v) is 2.21. The maximum Gasteiger partial charge on any atom is 0.295 e. The molecule has 2 aromatic rings. The molecule has 0 aromatic heterocycles. The number of halogens is 1. The predicted octanol–water partition coefficient (Wildman–Crippen LogP) is 1.65. The molecule has 2 aromatic carbocycles. The molecule has 0 saturated carbocycles. The molecule has 1 unspecified atom stereocenters. The summed E-state index contributed by atoms with van der Waals surface area (Å²) in [6.07, 6.45) is -0.541. The van der Waals surface area contributed by atoms with E-state index >= 15 is 0 Å². The number of nitro benzene ring substituents is 1. The van der Waals surface area contributed by atoms with Gasteiger partial charge in [-0.25, -0.2) is 4.39 Å². The molecule has 0 radical (unpaired) electrons. The van der Waals surface area contributed by atoms with E-state index < -0.39 is 34.1 Å². The van der Waals surface area contributed by atoms with Crippen molar-refractivity contribution in [2.24, 2.45) is 0 Å². The summed E-state index contributed by atoms with van der Waals surface area (Å²) < 4.78 is 13.4. The van der Waals surface area contributed by atoms with Crippen LogP contribution < -0.4 is 11.1 Å². The number of amides is 1. The highest BCUT2D eigenvalue weighted by atomic mass is 19.1.